The maximum absolute atomic E-state index is 9.13. The van der Waals surface area contributed by atoms with Crippen LogP contribution in [0.3, 0.4) is 0 Å². The Kier molecular flexibility index (Phi) is 5.67. The van der Waals surface area contributed by atoms with Gasteiger partial charge in [0.15, 0.2) is 5.82 Å². The SMILES string of the molecule is CN(CCCO)C1CCN(c2nc(-c3cccnc3)nc3sc4c(c23)CCC4)CC1. The lowest BCUT2D eigenvalue weighted by Crippen LogP contribution is -2.44. The van der Waals surface area contributed by atoms with E-state index < -0.39 is 0 Å². The minimum absolute atomic E-state index is 0.266. The lowest BCUT2D eigenvalue weighted by atomic mass is 10.0. The number of nitrogens with zero attached hydrogens (tertiary/aromatic N) is 5. The molecule has 0 radical (unpaired) electrons. The van der Waals surface area contributed by atoms with Gasteiger partial charge in [0.05, 0.1) is 5.39 Å². The van der Waals surface area contributed by atoms with Crippen molar-refractivity contribution in [2.75, 3.05) is 38.2 Å². The molecule has 3 aromatic heterocycles. The molecular formula is C23H29N5OS. The predicted octanol–water partition coefficient (Wildman–Crippen LogP) is 3.53. The summed E-state index contributed by atoms with van der Waals surface area (Å²) in [5.74, 6) is 1.91. The average Bonchev–Trinajstić information content (AvgIpc) is 3.38. The van der Waals surface area contributed by atoms with Crippen molar-refractivity contribution in [2.45, 2.75) is 44.6 Å². The number of thiophene rings is 1. The molecule has 0 spiro atoms. The van der Waals surface area contributed by atoms with Gasteiger partial charge in [0.25, 0.3) is 0 Å². The van der Waals surface area contributed by atoms with E-state index in [1.165, 1.54) is 28.7 Å². The molecule has 0 aromatic carbocycles. The van der Waals surface area contributed by atoms with Crippen LogP contribution in [0, 0.1) is 0 Å². The fourth-order valence-corrected chi connectivity index (χ4v) is 6.11. The average molecular weight is 424 g/mol. The number of anilines is 1. The van der Waals surface area contributed by atoms with Gasteiger partial charge in [-0.2, -0.15) is 0 Å². The summed E-state index contributed by atoms with van der Waals surface area (Å²) in [5, 5.41) is 10.4. The van der Waals surface area contributed by atoms with E-state index in [0.717, 1.165) is 67.4 Å². The molecule has 1 aliphatic carbocycles. The quantitative estimate of drug-likeness (QED) is 0.654. The van der Waals surface area contributed by atoms with E-state index in [1.807, 2.05) is 29.7 Å². The van der Waals surface area contributed by atoms with Gasteiger partial charge in [-0.15, -0.1) is 11.3 Å². The molecule has 1 fully saturated rings. The Morgan fingerprint density at radius 2 is 2.10 bits per heavy atom. The first-order valence-electron chi connectivity index (χ1n) is 11.0. The summed E-state index contributed by atoms with van der Waals surface area (Å²) < 4.78 is 0. The van der Waals surface area contributed by atoms with Crippen LogP contribution < -0.4 is 4.90 Å². The number of hydrogen-bond donors (Lipinski definition) is 1. The number of piperidine rings is 1. The third kappa shape index (κ3) is 3.70. The van der Waals surface area contributed by atoms with Crippen LogP contribution in [0.2, 0.25) is 0 Å². The van der Waals surface area contributed by atoms with Crippen LogP contribution in [-0.4, -0.2) is 64.3 Å². The first-order chi connectivity index (χ1) is 14.7. The number of fused-ring (bicyclic) bond motifs is 3. The van der Waals surface area contributed by atoms with Crippen molar-refractivity contribution in [3.63, 3.8) is 0 Å². The van der Waals surface area contributed by atoms with Gasteiger partial charge in [-0.1, -0.05) is 0 Å². The van der Waals surface area contributed by atoms with Crippen LogP contribution >= 0.6 is 11.3 Å². The number of aryl methyl sites for hydroxylation is 2. The Morgan fingerprint density at radius 1 is 1.23 bits per heavy atom. The zero-order valence-corrected chi connectivity index (χ0v) is 18.4. The highest BCUT2D eigenvalue weighted by Crippen LogP contribution is 2.42. The van der Waals surface area contributed by atoms with E-state index >= 15 is 0 Å². The Morgan fingerprint density at radius 3 is 2.87 bits per heavy atom. The third-order valence-electron chi connectivity index (χ3n) is 6.52. The van der Waals surface area contributed by atoms with Crippen LogP contribution in [0.25, 0.3) is 21.6 Å². The predicted molar refractivity (Wildman–Crippen MR) is 122 cm³/mol. The second kappa shape index (κ2) is 8.57. The molecular weight excluding hydrogens is 394 g/mol. The van der Waals surface area contributed by atoms with Crippen LogP contribution in [0.15, 0.2) is 24.5 Å². The molecule has 1 N–H and O–H groups in total. The summed E-state index contributed by atoms with van der Waals surface area (Å²) in [7, 11) is 2.19. The summed E-state index contributed by atoms with van der Waals surface area (Å²) in [5.41, 5.74) is 2.47. The van der Waals surface area contributed by atoms with E-state index in [9.17, 15) is 0 Å². The van der Waals surface area contributed by atoms with Crippen LogP contribution in [-0.2, 0) is 12.8 Å². The summed E-state index contributed by atoms with van der Waals surface area (Å²) in [6.07, 6.45) is 10.3. The molecule has 6 nitrogen and oxygen atoms in total. The maximum Gasteiger partial charge on any atom is 0.164 e. The van der Waals surface area contributed by atoms with Crippen molar-refractivity contribution in [1.82, 2.24) is 19.9 Å². The third-order valence-corrected chi connectivity index (χ3v) is 7.71. The molecule has 158 valence electrons. The normalized spacial score (nSPS) is 17.2. The van der Waals surface area contributed by atoms with E-state index in [1.54, 1.807) is 6.20 Å². The molecule has 0 bridgehead atoms. The van der Waals surface area contributed by atoms with Gasteiger partial charge in [-0.3, -0.25) is 4.98 Å². The van der Waals surface area contributed by atoms with Gasteiger partial charge >= 0.3 is 0 Å². The fraction of sp³-hybridized carbons (Fsp3) is 0.522. The molecule has 7 heteroatoms. The molecule has 2 aliphatic rings. The van der Waals surface area contributed by atoms with Crippen molar-refractivity contribution >= 4 is 27.4 Å². The Hall–Kier alpha value is -2.09. The first kappa shape index (κ1) is 19.8. The maximum atomic E-state index is 9.13. The monoisotopic (exact) mass is 423 g/mol. The van der Waals surface area contributed by atoms with Crippen LogP contribution in [0.4, 0.5) is 5.82 Å². The topological polar surface area (TPSA) is 65.4 Å². The molecule has 0 amide bonds. The van der Waals surface area contributed by atoms with Gasteiger partial charge in [0.1, 0.15) is 10.6 Å². The Balaban J connectivity index is 1.47. The number of pyridine rings is 1. The molecule has 0 unspecified atom stereocenters. The zero-order chi connectivity index (χ0) is 20.5. The van der Waals surface area contributed by atoms with Crippen LogP contribution in [0.5, 0.6) is 0 Å². The summed E-state index contributed by atoms with van der Waals surface area (Å²) in [4.78, 5) is 21.8. The summed E-state index contributed by atoms with van der Waals surface area (Å²) >= 11 is 1.86. The zero-order valence-electron chi connectivity index (χ0n) is 17.5. The number of rotatable bonds is 6. The number of aromatic nitrogens is 3. The van der Waals surface area contributed by atoms with Crippen LogP contribution in [0.1, 0.15) is 36.1 Å². The smallest absolute Gasteiger partial charge is 0.164 e. The van der Waals surface area contributed by atoms with E-state index in [4.69, 9.17) is 15.1 Å². The van der Waals surface area contributed by atoms with E-state index in [2.05, 4.69) is 21.8 Å². The van der Waals surface area contributed by atoms with Gasteiger partial charge in [-0.05, 0) is 63.3 Å². The Bertz CT molecular complexity index is 1010. The second-order valence-corrected chi connectivity index (χ2v) is 9.51. The standard InChI is InChI=1S/C23H29N5OS/c1-27(11-4-14-29)17-8-12-28(13-9-17)22-20-18-6-2-7-19(18)30-23(20)26-21(25-22)16-5-3-10-24-15-16/h3,5,10,15,17,29H,2,4,6-9,11-14H2,1H3. The van der Waals surface area contributed by atoms with Crippen molar-refractivity contribution in [1.29, 1.82) is 0 Å². The molecule has 1 saturated heterocycles. The lowest BCUT2D eigenvalue weighted by Gasteiger charge is -2.37. The summed E-state index contributed by atoms with van der Waals surface area (Å²) in [6.45, 7) is 3.25. The molecule has 5 rings (SSSR count). The molecule has 3 aromatic rings. The van der Waals surface area contributed by atoms with Crippen molar-refractivity contribution in [3.8, 4) is 11.4 Å². The van der Waals surface area contributed by atoms with Gasteiger partial charge in [0, 0.05) is 55.1 Å². The van der Waals surface area contributed by atoms with Gasteiger partial charge in [0.2, 0.25) is 0 Å². The summed E-state index contributed by atoms with van der Waals surface area (Å²) in [6, 6.07) is 4.57. The molecule has 1 aliphatic heterocycles. The number of aliphatic hydroxyl groups excluding tert-OH is 1. The number of aliphatic hydroxyl groups is 1. The first-order valence-corrected chi connectivity index (χ1v) is 11.8. The van der Waals surface area contributed by atoms with Gasteiger partial charge in [-0.25, -0.2) is 9.97 Å². The minimum Gasteiger partial charge on any atom is -0.396 e. The highest BCUT2D eigenvalue weighted by atomic mass is 32.1. The van der Waals surface area contributed by atoms with Crippen molar-refractivity contribution in [2.24, 2.45) is 0 Å². The second-order valence-electron chi connectivity index (χ2n) is 8.43. The van der Waals surface area contributed by atoms with E-state index in [-0.39, 0.29) is 6.61 Å². The lowest BCUT2D eigenvalue weighted by molar-refractivity contribution is 0.184. The highest BCUT2D eigenvalue weighted by molar-refractivity contribution is 7.19. The minimum atomic E-state index is 0.266. The molecule has 0 atom stereocenters. The van der Waals surface area contributed by atoms with Gasteiger partial charge < -0.3 is 14.9 Å². The highest BCUT2D eigenvalue weighted by Gasteiger charge is 2.28. The van der Waals surface area contributed by atoms with Crippen molar-refractivity contribution < 1.29 is 5.11 Å². The van der Waals surface area contributed by atoms with E-state index in [0.29, 0.717) is 6.04 Å². The number of hydrogen-bond acceptors (Lipinski definition) is 7. The fourth-order valence-electron chi connectivity index (χ4n) is 4.85. The Labute approximate surface area is 181 Å². The van der Waals surface area contributed by atoms with Crippen molar-refractivity contribution in [3.05, 3.63) is 35.0 Å². The molecule has 0 saturated carbocycles. The molecule has 4 heterocycles. The largest absolute Gasteiger partial charge is 0.396 e. The molecule has 30 heavy (non-hydrogen) atoms.